The van der Waals surface area contributed by atoms with Gasteiger partial charge in [0.15, 0.2) is 11.6 Å². The van der Waals surface area contributed by atoms with E-state index in [9.17, 15) is 4.79 Å². The molecular weight excluding hydrogens is 344 g/mol. The lowest BCUT2D eigenvalue weighted by Gasteiger charge is -2.15. The fraction of sp³-hybridized carbons (Fsp3) is 0.412. The number of benzene rings is 1. The van der Waals surface area contributed by atoms with Crippen LogP contribution in [0.25, 0.3) is 11.3 Å². The van der Waals surface area contributed by atoms with Crippen molar-refractivity contribution >= 4 is 24.1 Å². The van der Waals surface area contributed by atoms with Crippen LogP contribution in [0.4, 0.5) is 5.82 Å². The highest BCUT2D eigenvalue weighted by Crippen LogP contribution is 2.33. The summed E-state index contributed by atoms with van der Waals surface area (Å²) in [6.07, 6.45) is 2.18. The maximum atomic E-state index is 12.6. The SMILES string of the molecule is COc1ccc(-c2onc(N3CCCC3)c2C(=O)NCCN)cc1.Cl. The van der Waals surface area contributed by atoms with Gasteiger partial charge in [-0.2, -0.15) is 0 Å². The average molecular weight is 367 g/mol. The molecule has 0 unspecified atom stereocenters. The molecule has 1 amide bonds. The number of halogens is 1. The number of hydrogen-bond donors (Lipinski definition) is 2. The molecule has 1 aliphatic heterocycles. The molecule has 1 aromatic heterocycles. The number of carbonyl (C=O) groups is 1. The maximum absolute atomic E-state index is 12.6. The quantitative estimate of drug-likeness (QED) is 0.812. The van der Waals surface area contributed by atoms with Crippen LogP contribution in [0, 0.1) is 0 Å². The number of nitrogens with one attached hydrogen (secondary N) is 1. The molecule has 2 aromatic rings. The van der Waals surface area contributed by atoms with Gasteiger partial charge in [-0.15, -0.1) is 12.4 Å². The van der Waals surface area contributed by atoms with Gasteiger partial charge in [0.25, 0.3) is 5.91 Å². The number of rotatable bonds is 6. The predicted molar refractivity (Wildman–Crippen MR) is 98.6 cm³/mol. The van der Waals surface area contributed by atoms with E-state index in [1.54, 1.807) is 7.11 Å². The van der Waals surface area contributed by atoms with E-state index in [0.717, 1.165) is 37.2 Å². The van der Waals surface area contributed by atoms with Crippen molar-refractivity contribution in [3.63, 3.8) is 0 Å². The Bertz CT molecular complexity index is 696. The van der Waals surface area contributed by atoms with Crippen molar-refractivity contribution in [2.24, 2.45) is 5.73 Å². The van der Waals surface area contributed by atoms with Crippen LogP contribution < -0.4 is 20.7 Å². The summed E-state index contributed by atoms with van der Waals surface area (Å²) in [5.74, 6) is 1.60. The first-order valence-corrected chi connectivity index (χ1v) is 8.12. The Morgan fingerprint density at radius 2 is 2.00 bits per heavy atom. The molecule has 0 radical (unpaired) electrons. The Morgan fingerprint density at radius 3 is 2.60 bits per heavy atom. The lowest BCUT2D eigenvalue weighted by molar-refractivity contribution is 0.0955. The Hall–Kier alpha value is -2.25. The van der Waals surface area contributed by atoms with Gasteiger partial charge in [0.1, 0.15) is 11.3 Å². The fourth-order valence-electron chi connectivity index (χ4n) is 2.84. The Balaban J connectivity index is 0.00000225. The minimum Gasteiger partial charge on any atom is -0.497 e. The van der Waals surface area contributed by atoms with Gasteiger partial charge in [0, 0.05) is 31.7 Å². The number of amides is 1. The van der Waals surface area contributed by atoms with E-state index >= 15 is 0 Å². The first-order valence-electron chi connectivity index (χ1n) is 8.12. The van der Waals surface area contributed by atoms with E-state index in [4.69, 9.17) is 15.0 Å². The molecule has 0 spiro atoms. The summed E-state index contributed by atoms with van der Waals surface area (Å²) < 4.78 is 10.7. The summed E-state index contributed by atoms with van der Waals surface area (Å²) >= 11 is 0. The number of aromatic nitrogens is 1. The van der Waals surface area contributed by atoms with E-state index in [-0.39, 0.29) is 18.3 Å². The van der Waals surface area contributed by atoms with E-state index in [0.29, 0.717) is 30.2 Å². The second kappa shape index (κ2) is 8.73. The molecule has 0 aliphatic carbocycles. The number of anilines is 1. The number of nitrogens with zero attached hydrogens (tertiary/aromatic N) is 2. The van der Waals surface area contributed by atoms with Gasteiger partial charge in [-0.1, -0.05) is 5.16 Å². The summed E-state index contributed by atoms with van der Waals surface area (Å²) in [5.41, 5.74) is 6.75. The zero-order valence-corrected chi connectivity index (χ0v) is 15.0. The Morgan fingerprint density at radius 1 is 1.32 bits per heavy atom. The molecule has 7 nitrogen and oxygen atoms in total. The van der Waals surface area contributed by atoms with Crippen molar-refractivity contribution in [3.05, 3.63) is 29.8 Å². The number of hydrogen-bond acceptors (Lipinski definition) is 6. The molecule has 1 fully saturated rings. The number of ether oxygens (including phenoxy) is 1. The molecule has 0 bridgehead atoms. The molecular formula is C17H23ClN4O3. The van der Waals surface area contributed by atoms with Crippen LogP contribution in [0.15, 0.2) is 28.8 Å². The van der Waals surface area contributed by atoms with Crippen molar-refractivity contribution < 1.29 is 14.1 Å². The normalized spacial score (nSPS) is 13.4. The van der Waals surface area contributed by atoms with Crippen molar-refractivity contribution in [2.75, 3.05) is 38.2 Å². The molecule has 136 valence electrons. The largest absolute Gasteiger partial charge is 0.497 e. The van der Waals surface area contributed by atoms with Gasteiger partial charge in [-0.25, -0.2) is 0 Å². The summed E-state index contributed by atoms with van der Waals surface area (Å²) in [4.78, 5) is 14.7. The number of methoxy groups -OCH3 is 1. The van der Waals surface area contributed by atoms with Crippen molar-refractivity contribution in [3.8, 4) is 17.1 Å². The van der Waals surface area contributed by atoms with Crippen LogP contribution in [-0.2, 0) is 0 Å². The molecule has 1 aromatic carbocycles. The van der Waals surface area contributed by atoms with Gasteiger partial charge in [-0.3, -0.25) is 4.79 Å². The average Bonchev–Trinajstić information content (AvgIpc) is 3.28. The molecule has 0 saturated carbocycles. The van der Waals surface area contributed by atoms with E-state index in [2.05, 4.69) is 15.4 Å². The van der Waals surface area contributed by atoms with E-state index < -0.39 is 0 Å². The van der Waals surface area contributed by atoms with Crippen LogP contribution in [0.1, 0.15) is 23.2 Å². The lowest BCUT2D eigenvalue weighted by Crippen LogP contribution is -2.31. The molecule has 0 atom stereocenters. The highest BCUT2D eigenvalue weighted by Gasteiger charge is 2.28. The van der Waals surface area contributed by atoms with Crippen LogP contribution in [-0.4, -0.2) is 44.4 Å². The van der Waals surface area contributed by atoms with Gasteiger partial charge in [0.2, 0.25) is 0 Å². The summed E-state index contributed by atoms with van der Waals surface area (Å²) in [7, 11) is 1.61. The molecule has 1 aliphatic rings. The fourth-order valence-corrected chi connectivity index (χ4v) is 2.84. The van der Waals surface area contributed by atoms with Crippen LogP contribution in [0.3, 0.4) is 0 Å². The first kappa shape index (κ1) is 19.1. The third kappa shape index (κ3) is 4.05. The summed E-state index contributed by atoms with van der Waals surface area (Å²) in [6.45, 7) is 2.55. The topological polar surface area (TPSA) is 93.6 Å². The van der Waals surface area contributed by atoms with Crippen molar-refractivity contribution in [2.45, 2.75) is 12.8 Å². The van der Waals surface area contributed by atoms with Crippen LogP contribution >= 0.6 is 12.4 Å². The highest BCUT2D eigenvalue weighted by molar-refractivity contribution is 6.04. The van der Waals surface area contributed by atoms with Crippen LogP contribution in [0.5, 0.6) is 5.75 Å². The lowest BCUT2D eigenvalue weighted by atomic mass is 10.1. The first-order chi connectivity index (χ1) is 11.7. The minimum absolute atomic E-state index is 0. The maximum Gasteiger partial charge on any atom is 0.259 e. The van der Waals surface area contributed by atoms with E-state index in [1.165, 1.54) is 0 Å². The van der Waals surface area contributed by atoms with Gasteiger partial charge < -0.3 is 25.2 Å². The Kier molecular flexibility index (Phi) is 6.66. The molecule has 25 heavy (non-hydrogen) atoms. The zero-order valence-electron chi connectivity index (χ0n) is 14.2. The van der Waals surface area contributed by atoms with Crippen molar-refractivity contribution in [1.82, 2.24) is 10.5 Å². The third-order valence-electron chi connectivity index (χ3n) is 4.09. The monoisotopic (exact) mass is 366 g/mol. The smallest absolute Gasteiger partial charge is 0.259 e. The highest BCUT2D eigenvalue weighted by atomic mass is 35.5. The second-order valence-corrected chi connectivity index (χ2v) is 5.68. The van der Waals surface area contributed by atoms with Gasteiger partial charge in [0.05, 0.1) is 7.11 Å². The third-order valence-corrected chi connectivity index (χ3v) is 4.09. The van der Waals surface area contributed by atoms with Gasteiger partial charge >= 0.3 is 0 Å². The molecule has 3 N–H and O–H groups in total. The predicted octanol–water partition coefficient (Wildman–Crippen LogP) is 2.06. The molecule has 2 heterocycles. The standard InChI is InChI=1S/C17H22N4O3.ClH/c1-23-13-6-4-12(5-7-13)15-14(17(22)19-9-8-18)16(20-24-15)21-10-2-3-11-21;/h4-7H,2-3,8-11,18H2,1H3,(H,19,22);1H. The van der Waals surface area contributed by atoms with E-state index in [1.807, 2.05) is 24.3 Å². The summed E-state index contributed by atoms with van der Waals surface area (Å²) in [6, 6.07) is 7.36. The zero-order chi connectivity index (χ0) is 16.9. The molecule has 3 rings (SSSR count). The van der Waals surface area contributed by atoms with Crippen LogP contribution in [0.2, 0.25) is 0 Å². The Labute approximate surface area is 152 Å². The van der Waals surface area contributed by atoms with Crippen molar-refractivity contribution in [1.29, 1.82) is 0 Å². The minimum atomic E-state index is -0.214. The summed E-state index contributed by atoms with van der Waals surface area (Å²) in [5, 5.41) is 6.99. The molecule has 1 saturated heterocycles. The second-order valence-electron chi connectivity index (χ2n) is 5.68. The van der Waals surface area contributed by atoms with Gasteiger partial charge in [-0.05, 0) is 37.1 Å². The number of nitrogens with two attached hydrogens (primary N) is 1. The number of carbonyl (C=O) groups excluding carboxylic acids is 1. The molecule has 8 heteroatoms.